The minimum Gasteiger partial charge on any atom is -0.361 e. The van der Waals surface area contributed by atoms with Gasteiger partial charge in [-0.3, -0.25) is 4.57 Å². The van der Waals surface area contributed by atoms with Crippen molar-refractivity contribution in [3.8, 4) is 5.69 Å². The molecule has 7 rings (SSSR count). The van der Waals surface area contributed by atoms with Crippen molar-refractivity contribution in [2.45, 2.75) is 6.54 Å². The first-order valence-corrected chi connectivity index (χ1v) is 11.9. The summed E-state index contributed by atoms with van der Waals surface area (Å²) in [5.74, 6) is 2.51. The molecule has 0 saturated carbocycles. The Kier molecular flexibility index (Phi) is 4.95. The third kappa shape index (κ3) is 3.88. The van der Waals surface area contributed by atoms with E-state index in [1.807, 2.05) is 83.4 Å². The van der Waals surface area contributed by atoms with E-state index in [1.54, 1.807) is 12.5 Å². The molecular weight excluding hydrogens is 462 g/mol. The summed E-state index contributed by atoms with van der Waals surface area (Å²) in [6.45, 7) is 0.449. The largest absolute Gasteiger partial charge is 0.361 e. The molecule has 3 N–H and O–H groups in total. The van der Waals surface area contributed by atoms with Crippen molar-refractivity contribution >= 4 is 50.6 Å². The van der Waals surface area contributed by atoms with Gasteiger partial charge in [0.05, 0.1) is 17.6 Å². The van der Waals surface area contributed by atoms with Crippen LogP contribution in [0.25, 0.3) is 38.7 Å². The van der Waals surface area contributed by atoms with E-state index in [2.05, 4.69) is 36.6 Å². The van der Waals surface area contributed by atoms with E-state index in [4.69, 9.17) is 9.97 Å². The predicted octanol–water partition coefficient (Wildman–Crippen LogP) is 5.60. The van der Waals surface area contributed by atoms with Crippen LogP contribution in [0.1, 0.15) is 5.82 Å². The van der Waals surface area contributed by atoms with Gasteiger partial charge in [0.1, 0.15) is 18.0 Å². The fourth-order valence-electron chi connectivity index (χ4n) is 4.44. The van der Waals surface area contributed by atoms with Gasteiger partial charge in [-0.25, -0.2) is 15.0 Å². The number of hydrogen-bond acceptors (Lipinski definition) is 7. The number of pyridine rings is 1. The van der Waals surface area contributed by atoms with E-state index in [1.165, 1.54) is 0 Å². The maximum Gasteiger partial charge on any atom is 0.232 e. The predicted molar refractivity (Wildman–Crippen MR) is 145 cm³/mol. The van der Waals surface area contributed by atoms with Gasteiger partial charge in [-0.15, -0.1) is 0 Å². The van der Waals surface area contributed by atoms with Crippen molar-refractivity contribution in [2.75, 3.05) is 10.6 Å². The first-order chi connectivity index (χ1) is 18.3. The van der Waals surface area contributed by atoms with Crippen molar-refractivity contribution in [2.24, 2.45) is 0 Å². The maximum absolute atomic E-state index is 4.84. The van der Waals surface area contributed by atoms with Crippen LogP contribution in [0.2, 0.25) is 0 Å². The van der Waals surface area contributed by atoms with E-state index >= 15 is 0 Å². The Hall–Kier alpha value is -5.31. The topological polar surface area (TPSA) is 109 Å². The average Bonchev–Trinajstić information content (AvgIpc) is 3.57. The highest BCUT2D eigenvalue weighted by Crippen LogP contribution is 2.27. The first-order valence-electron chi connectivity index (χ1n) is 11.9. The molecule has 0 aliphatic heterocycles. The van der Waals surface area contributed by atoms with E-state index in [0.29, 0.717) is 35.3 Å². The van der Waals surface area contributed by atoms with Crippen LogP contribution in [0.3, 0.4) is 0 Å². The Labute approximate surface area is 211 Å². The van der Waals surface area contributed by atoms with Crippen LogP contribution in [0.15, 0.2) is 97.5 Å². The molecule has 3 aromatic carbocycles. The highest BCUT2D eigenvalue weighted by molar-refractivity contribution is 5.93. The lowest BCUT2D eigenvalue weighted by Crippen LogP contribution is -2.08. The van der Waals surface area contributed by atoms with Gasteiger partial charge in [-0.1, -0.05) is 54.6 Å². The highest BCUT2D eigenvalue weighted by atomic mass is 15.2. The van der Waals surface area contributed by atoms with Crippen LogP contribution in [0.4, 0.5) is 17.6 Å². The molecule has 0 bridgehead atoms. The minimum absolute atomic E-state index is 0.418. The molecule has 0 fully saturated rings. The minimum atomic E-state index is 0.418. The molecule has 37 heavy (non-hydrogen) atoms. The van der Waals surface area contributed by atoms with Gasteiger partial charge in [0.25, 0.3) is 0 Å². The van der Waals surface area contributed by atoms with Gasteiger partial charge >= 0.3 is 0 Å². The van der Waals surface area contributed by atoms with Crippen molar-refractivity contribution in [1.29, 1.82) is 0 Å². The summed E-state index contributed by atoms with van der Waals surface area (Å²) in [5, 5.41) is 8.81. The summed E-state index contributed by atoms with van der Waals surface area (Å²) >= 11 is 0. The summed E-state index contributed by atoms with van der Waals surface area (Å²) in [7, 11) is 0. The number of H-pyrrole nitrogens is 1. The number of nitrogens with one attached hydrogen (secondary N) is 3. The van der Waals surface area contributed by atoms with Crippen molar-refractivity contribution < 1.29 is 0 Å². The Bertz CT molecular complexity index is 1830. The van der Waals surface area contributed by atoms with Crippen LogP contribution in [-0.4, -0.2) is 34.5 Å². The quantitative estimate of drug-likeness (QED) is 0.283. The molecule has 0 aliphatic rings. The fraction of sp³-hybridized carbons (Fsp3) is 0.0357. The van der Waals surface area contributed by atoms with Gasteiger partial charge in [0.15, 0.2) is 17.0 Å². The molecule has 0 radical (unpaired) electrons. The van der Waals surface area contributed by atoms with Crippen LogP contribution in [0.5, 0.6) is 0 Å². The third-order valence-corrected chi connectivity index (χ3v) is 6.20. The lowest BCUT2D eigenvalue weighted by molar-refractivity contribution is 0.995. The van der Waals surface area contributed by atoms with E-state index < -0.39 is 0 Å². The summed E-state index contributed by atoms with van der Waals surface area (Å²) in [6.07, 6.45) is 3.54. The second-order valence-electron chi connectivity index (χ2n) is 8.58. The van der Waals surface area contributed by atoms with Crippen molar-refractivity contribution in [1.82, 2.24) is 34.5 Å². The molecule has 0 saturated heterocycles. The molecule has 0 spiro atoms. The summed E-state index contributed by atoms with van der Waals surface area (Å²) < 4.78 is 1.95. The first kappa shape index (κ1) is 21.0. The van der Waals surface area contributed by atoms with E-state index in [0.717, 1.165) is 33.3 Å². The Morgan fingerprint density at radius 2 is 1.59 bits per heavy atom. The molecule has 178 valence electrons. The molecule has 4 heterocycles. The number of aromatic amines is 1. The van der Waals surface area contributed by atoms with Gasteiger partial charge in [-0.05, 0) is 35.7 Å². The number of imidazole rings is 2. The van der Waals surface area contributed by atoms with Crippen molar-refractivity contribution in [3.05, 3.63) is 103 Å². The molecule has 0 aliphatic carbocycles. The number of nitrogens with zero attached hydrogens (tertiary/aromatic N) is 6. The Morgan fingerprint density at radius 3 is 2.51 bits per heavy atom. The maximum atomic E-state index is 4.84. The van der Waals surface area contributed by atoms with Gasteiger partial charge < -0.3 is 15.6 Å². The molecule has 0 amide bonds. The summed E-state index contributed by atoms with van der Waals surface area (Å²) in [5.41, 5.74) is 4.21. The molecular formula is C28H21N9. The van der Waals surface area contributed by atoms with Crippen LogP contribution >= 0.6 is 0 Å². The number of benzene rings is 3. The number of aromatic nitrogens is 7. The smallest absolute Gasteiger partial charge is 0.232 e. The number of para-hydroxylation sites is 3. The second-order valence-corrected chi connectivity index (χ2v) is 8.58. The van der Waals surface area contributed by atoms with E-state index in [9.17, 15) is 0 Å². The summed E-state index contributed by atoms with van der Waals surface area (Å²) in [6, 6.07) is 28.0. The molecule has 7 aromatic rings. The van der Waals surface area contributed by atoms with Crippen LogP contribution in [-0.2, 0) is 6.54 Å². The van der Waals surface area contributed by atoms with Crippen LogP contribution < -0.4 is 10.6 Å². The monoisotopic (exact) mass is 483 g/mol. The van der Waals surface area contributed by atoms with E-state index in [-0.39, 0.29) is 0 Å². The highest BCUT2D eigenvalue weighted by Gasteiger charge is 2.16. The standard InChI is InChI=1S/C28H21N9/c1-2-9-19(10-3-1)37-17-31-24-26(30-16-23-32-21-12-6-7-13-22(21)33-23)35-28(36-27(24)37)34-25-20-11-5-4-8-18(20)14-15-29-25/h1-15,17H,16H2,(H,32,33)(H2,29,30,34,35,36). The lowest BCUT2D eigenvalue weighted by Gasteiger charge is -2.11. The average molecular weight is 484 g/mol. The number of anilines is 3. The third-order valence-electron chi connectivity index (χ3n) is 6.20. The number of hydrogen-bond donors (Lipinski definition) is 3. The number of rotatable bonds is 6. The van der Waals surface area contributed by atoms with Gasteiger partial charge in [0, 0.05) is 17.3 Å². The lowest BCUT2D eigenvalue weighted by atomic mass is 10.1. The van der Waals surface area contributed by atoms with Gasteiger partial charge in [-0.2, -0.15) is 9.97 Å². The SMILES string of the molecule is c1ccc(-n2cnc3c(NCc4nc5ccccc5[nH]4)nc(Nc4nccc5ccccc45)nc32)cc1. The zero-order valence-corrected chi connectivity index (χ0v) is 19.6. The fourth-order valence-corrected chi connectivity index (χ4v) is 4.44. The Balaban J connectivity index is 1.31. The Morgan fingerprint density at radius 1 is 0.757 bits per heavy atom. The number of fused-ring (bicyclic) bond motifs is 3. The molecule has 0 unspecified atom stereocenters. The molecule has 9 nitrogen and oxygen atoms in total. The zero-order chi connectivity index (χ0) is 24.6. The van der Waals surface area contributed by atoms with Crippen molar-refractivity contribution in [3.63, 3.8) is 0 Å². The molecule has 9 heteroatoms. The zero-order valence-electron chi connectivity index (χ0n) is 19.6. The second kappa shape index (κ2) is 8.72. The molecule has 4 aromatic heterocycles. The van der Waals surface area contributed by atoms with Crippen LogP contribution in [0, 0.1) is 0 Å². The normalized spacial score (nSPS) is 11.4. The summed E-state index contributed by atoms with van der Waals surface area (Å²) in [4.78, 5) is 26.8. The van der Waals surface area contributed by atoms with Gasteiger partial charge in [0.2, 0.25) is 5.95 Å². The molecule has 0 atom stereocenters.